The lowest BCUT2D eigenvalue weighted by Gasteiger charge is -2.17. The maximum Gasteiger partial charge on any atom is 0.280 e. The third-order valence-corrected chi connectivity index (χ3v) is 4.56. The van der Waals surface area contributed by atoms with Gasteiger partial charge in [-0.3, -0.25) is 9.78 Å². The molecule has 2 heterocycles. The zero-order valence-electron chi connectivity index (χ0n) is 13.7. The lowest BCUT2D eigenvalue weighted by atomic mass is 10.0. The van der Waals surface area contributed by atoms with Crippen molar-refractivity contribution in [2.75, 3.05) is 18.9 Å². The number of imidazole rings is 1. The van der Waals surface area contributed by atoms with Crippen LogP contribution in [0, 0.1) is 5.92 Å². The van der Waals surface area contributed by atoms with Crippen molar-refractivity contribution in [1.29, 1.82) is 0 Å². The summed E-state index contributed by atoms with van der Waals surface area (Å²) in [7, 11) is 0. The SMILES string of the molecule is C=C1[C@H](COCCCC)[C@@H](O)C[C@@H]1n1cnc2c(=O)[nH]c(N)nc21. The molecule has 1 saturated carbocycles. The average molecular weight is 333 g/mol. The summed E-state index contributed by atoms with van der Waals surface area (Å²) >= 11 is 0. The molecule has 0 aromatic carbocycles. The lowest BCUT2D eigenvalue weighted by molar-refractivity contribution is 0.0538. The zero-order chi connectivity index (χ0) is 17.3. The zero-order valence-corrected chi connectivity index (χ0v) is 13.7. The van der Waals surface area contributed by atoms with E-state index in [0.29, 0.717) is 25.3 Å². The second kappa shape index (κ2) is 6.74. The normalized spacial score (nSPS) is 24.1. The molecule has 8 nitrogen and oxygen atoms in total. The number of H-pyrrole nitrogens is 1. The summed E-state index contributed by atoms with van der Waals surface area (Å²) in [5.74, 6) is -0.0958. The Bertz CT molecular complexity index is 797. The number of nitrogens with two attached hydrogens (primary N) is 1. The number of aromatic amines is 1. The topological polar surface area (TPSA) is 119 Å². The summed E-state index contributed by atoms with van der Waals surface area (Å²) in [6, 6.07) is -0.182. The highest BCUT2D eigenvalue weighted by atomic mass is 16.5. The molecule has 8 heteroatoms. The van der Waals surface area contributed by atoms with Crippen LogP contribution in [0.4, 0.5) is 5.95 Å². The summed E-state index contributed by atoms with van der Waals surface area (Å²) in [4.78, 5) is 22.6. The first-order valence-corrected chi connectivity index (χ1v) is 8.19. The Hall–Kier alpha value is -2.19. The summed E-state index contributed by atoms with van der Waals surface area (Å²) < 4.78 is 7.42. The fourth-order valence-electron chi connectivity index (χ4n) is 3.18. The summed E-state index contributed by atoms with van der Waals surface area (Å²) in [5, 5.41) is 10.4. The smallest absolute Gasteiger partial charge is 0.280 e. The van der Waals surface area contributed by atoms with Crippen molar-refractivity contribution < 1.29 is 9.84 Å². The van der Waals surface area contributed by atoms with E-state index in [1.54, 1.807) is 10.9 Å². The van der Waals surface area contributed by atoms with Gasteiger partial charge in [-0.1, -0.05) is 19.9 Å². The van der Waals surface area contributed by atoms with Crippen LogP contribution < -0.4 is 11.3 Å². The molecule has 1 aliphatic rings. The van der Waals surface area contributed by atoms with Crippen molar-refractivity contribution >= 4 is 17.1 Å². The molecular formula is C16H23N5O3. The van der Waals surface area contributed by atoms with Crippen LogP contribution in [0.25, 0.3) is 11.2 Å². The average Bonchev–Trinajstić information content (AvgIpc) is 3.06. The Labute approximate surface area is 139 Å². The first-order chi connectivity index (χ1) is 11.5. The molecule has 1 fully saturated rings. The first-order valence-electron chi connectivity index (χ1n) is 8.19. The fourth-order valence-corrected chi connectivity index (χ4v) is 3.18. The fraction of sp³-hybridized carbons (Fsp3) is 0.562. The number of aliphatic hydroxyl groups excluding tert-OH is 1. The minimum atomic E-state index is -0.541. The molecule has 1 aliphatic carbocycles. The number of hydrogen-bond acceptors (Lipinski definition) is 6. The van der Waals surface area contributed by atoms with Gasteiger partial charge in [0.1, 0.15) is 0 Å². The van der Waals surface area contributed by atoms with E-state index in [0.717, 1.165) is 18.4 Å². The Morgan fingerprint density at radius 1 is 1.58 bits per heavy atom. The van der Waals surface area contributed by atoms with Crippen LogP contribution in [0.2, 0.25) is 0 Å². The predicted molar refractivity (Wildman–Crippen MR) is 90.6 cm³/mol. The molecule has 0 unspecified atom stereocenters. The maximum absolute atomic E-state index is 11.9. The molecule has 2 aromatic rings. The van der Waals surface area contributed by atoms with Crippen molar-refractivity contribution in [3.05, 3.63) is 28.8 Å². The highest BCUT2D eigenvalue weighted by Gasteiger charge is 2.38. The highest BCUT2D eigenvalue weighted by molar-refractivity contribution is 5.70. The molecule has 24 heavy (non-hydrogen) atoms. The summed E-state index contributed by atoms with van der Waals surface area (Å²) in [6.07, 6.45) is 3.56. The molecule has 2 aromatic heterocycles. The molecule has 0 saturated heterocycles. The van der Waals surface area contributed by atoms with Gasteiger partial charge in [-0.15, -0.1) is 0 Å². The monoisotopic (exact) mass is 333 g/mol. The summed E-state index contributed by atoms with van der Waals surface area (Å²) in [6.45, 7) is 7.37. The van der Waals surface area contributed by atoms with Gasteiger partial charge < -0.3 is 20.1 Å². The van der Waals surface area contributed by atoms with E-state index in [-0.39, 0.29) is 29.0 Å². The molecule has 3 rings (SSSR count). The number of unbranched alkanes of at least 4 members (excludes halogenated alkanes) is 1. The Morgan fingerprint density at radius 3 is 3.12 bits per heavy atom. The summed E-state index contributed by atoms with van der Waals surface area (Å²) in [5.41, 5.74) is 6.76. The largest absolute Gasteiger partial charge is 0.392 e. The number of nitrogen functional groups attached to an aromatic ring is 1. The molecule has 4 N–H and O–H groups in total. The minimum absolute atomic E-state index is 0.0397. The molecule has 130 valence electrons. The number of hydrogen-bond donors (Lipinski definition) is 3. The standard InChI is InChI=1S/C16H23N5O3/c1-3-4-5-24-7-10-9(2)11(6-12(10)22)21-8-18-13-14(21)19-16(17)20-15(13)23/h8,10-12,22H,2-7H2,1H3,(H3,17,19,20,23)/t10-,11-,12-/m0/s1. The van der Waals surface area contributed by atoms with E-state index < -0.39 is 6.10 Å². The van der Waals surface area contributed by atoms with Gasteiger partial charge in [-0.25, -0.2) is 4.98 Å². The second-order valence-electron chi connectivity index (χ2n) is 6.20. The molecule has 0 bridgehead atoms. The van der Waals surface area contributed by atoms with Crippen molar-refractivity contribution in [2.45, 2.75) is 38.3 Å². The molecule has 0 radical (unpaired) electrons. The Morgan fingerprint density at radius 2 is 2.38 bits per heavy atom. The Kier molecular flexibility index (Phi) is 4.68. The minimum Gasteiger partial charge on any atom is -0.392 e. The van der Waals surface area contributed by atoms with Crippen LogP contribution >= 0.6 is 0 Å². The van der Waals surface area contributed by atoms with Crippen molar-refractivity contribution in [3.63, 3.8) is 0 Å². The van der Waals surface area contributed by atoms with Crippen LogP contribution in [-0.2, 0) is 4.74 Å². The van der Waals surface area contributed by atoms with Gasteiger partial charge in [0, 0.05) is 12.5 Å². The quantitative estimate of drug-likeness (QED) is 0.536. The van der Waals surface area contributed by atoms with Crippen LogP contribution in [0.5, 0.6) is 0 Å². The highest BCUT2D eigenvalue weighted by Crippen LogP contribution is 2.40. The number of anilines is 1. The predicted octanol–water partition coefficient (Wildman–Crippen LogP) is 0.997. The third kappa shape index (κ3) is 2.94. The van der Waals surface area contributed by atoms with Crippen molar-refractivity contribution in [1.82, 2.24) is 19.5 Å². The van der Waals surface area contributed by atoms with Gasteiger partial charge in [0.25, 0.3) is 5.56 Å². The van der Waals surface area contributed by atoms with Gasteiger partial charge in [0.2, 0.25) is 5.95 Å². The van der Waals surface area contributed by atoms with E-state index in [9.17, 15) is 9.90 Å². The van der Waals surface area contributed by atoms with E-state index in [1.807, 2.05) is 0 Å². The van der Waals surface area contributed by atoms with Gasteiger partial charge in [0.15, 0.2) is 11.2 Å². The van der Waals surface area contributed by atoms with Gasteiger partial charge in [-0.2, -0.15) is 4.98 Å². The molecular weight excluding hydrogens is 310 g/mol. The number of aliphatic hydroxyl groups is 1. The van der Waals surface area contributed by atoms with Gasteiger partial charge >= 0.3 is 0 Å². The van der Waals surface area contributed by atoms with Gasteiger partial charge in [-0.05, 0) is 18.4 Å². The van der Waals surface area contributed by atoms with E-state index in [4.69, 9.17) is 10.5 Å². The van der Waals surface area contributed by atoms with E-state index in [1.165, 1.54) is 0 Å². The maximum atomic E-state index is 11.9. The van der Waals surface area contributed by atoms with E-state index >= 15 is 0 Å². The number of fused-ring (bicyclic) bond motifs is 1. The molecule has 0 aliphatic heterocycles. The lowest BCUT2D eigenvalue weighted by Crippen LogP contribution is -2.20. The molecule has 3 atom stereocenters. The molecule has 0 spiro atoms. The van der Waals surface area contributed by atoms with Crippen molar-refractivity contribution in [3.8, 4) is 0 Å². The van der Waals surface area contributed by atoms with Gasteiger partial charge in [0.05, 0.1) is 25.1 Å². The second-order valence-corrected chi connectivity index (χ2v) is 6.20. The van der Waals surface area contributed by atoms with Crippen LogP contribution in [-0.4, -0.2) is 43.9 Å². The third-order valence-electron chi connectivity index (χ3n) is 4.56. The number of ether oxygens (including phenoxy) is 1. The number of nitrogens with zero attached hydrogens (tertiary/aromatic N) is 3. The number of rotatable bonds is 6. The number of aromatic nitrogens is 4. The van der Waals surface area contributed by atoms with Crippen LogP contribution in [0.3, 0.4) is 0 Å². The van der Waals surface area contributed by atoms with E-state index in [2.05, 4.69) is 28.5 Å². The van der Waals surface area contributed by atoms with Crippen molar-refractivity contribution in [2.24, 2.45) is 5.92 Å². The number of nitrogens with one attached hydrogen (secondary N) is 1. The van der Waals surface area contributed by atoms with Crippen LogP contribution in [0.1, 0.15) is 32.2 Å². The molecule has 0 amide bonds. The Balaban J connectivity index is 1.83. The van der Waals surface area contributed by atoms with Crippen LogP contribution in [0.15, 0.2) is 23.3 Å². The first kappa shape index (κ1) is 16.7.